The number of aryl methyl sites for hydroxylation is 4. The lowest BCUT2D eigenvalue weighted by atomic mass is 10.1. The fraction of sp³-hybridized carbons (Fsp3) is 0.333. The van der Waals surface area contributed by atoms with Crippen molar-refractivity contribution in [2.24, 2.45) is 5.92 Å². The molecule has 0 radical (unpaired) electrons. The van der Waals surface area contributed by atoms with Gasteiger partial charge in [-0.1, -0.05) is 35.9 Å². The zero-order valence-electron chi connectivity index (χ0n) is 15.5. The number of nitrogens with zero attached hydrogens (tertiary/aromatic N) is 1. The third-order valence-corrected chi connectivity index (χ3v) is 5.18. The van der Waals surface area contributed by atoms with Crippen molar-refractivity contribution in [1.29, 1.82) is 0 Å². The van der Waals surface area contributed by atoms with E-state index in [1.807, 2.05) is 58.0 Å². The second-order valence-corrected chi connectivity index (χ2v) is 7.48. The Morgan fingerprint density at radius 3 is 2.38 bits per heavy atom. The van der Waals surface area contributed by atoms with Gasteiger partial charge in [0, 0.05) is 18.7 Å². The van der Waals surface area contributed by atoms with Crippen molar-refractivity contribution in [1.82, 2.24) is 0 Å². The molecule has 26 heavy (non-hydrogen) atoms. The van der Waals surface area contributed by atoms with Crippen LogP contribution in [0.3, 0.4) is 0 Å². The number of rotatable bonds is 3. The minimum atomic E-state index is -0.390. The molecule has 1 atom stereocenters. The van der Waals surface area contributed by atoms with E-state index < -0.39 is 5.92 Å². The molecule has 4 nitrogen and oxygen atoms in total. The van der Waals surface area contributed by atoms with E-state index in [9.17, 15) is 9.59 Å². The molecule has 0 aromatic heterocycles. The van der Waals surface area contributed by atoms with Crippen LogP contribution in [0.1, 0.15) is 28.7 Å². The van der Waals surface area contributed by atoms with Crippen LogP contribution in [0.5, 0.6) is 0 Å². The number of nitrogens with one attached hydrogen (secondary N) is 1. The van der Waals surface area contributed by atoms with E-state index >= 15 is 0 Å². The van der Waals surface area contributed by atoms with E-state index in [4.69, 9.17) is 11.6 Å². The number of hydrogen-bond donors (Lipinski definition) is 1. The Balaban J connectivity index is 1.80. The number of para-hydroxylation sites is 1. The number of anilines is 2. The standard InChI is InChI=1S/C21H23ClN2O2/c1-12-8-15(4)19(17(22)9-12)23-21(26)16-10-18(25)24(11-16)20-13(2)6-5-7-14(20)3/h5-9,16H,10-11H2,1-4H3,(H,23,26). The second kappa shape index (κ2) is 7.12. The Hall–Kier alpha value is -2.33. The van der Waals surface area contributed by atoms with Crippen LogP contribution in [0, 0.1) is 33.6 Å². The molecule has 2 aromatic carbocycles. The first-order valence-electron chi connectivity index (χ1n) is 8.72. The van der Waals surface area contributed by atoms with Gasteiger partial charge in [0.2, 0.25) is 11.8 Å². The van der Waals surface area contributed by atoms with Crippen molar-refractivity contribution in [3.8, 4) is 0 Å². The molecule has 0 bridgehead atoms. The predicted octanol–water partition coefficient (Wildman–Crippen LogP) is 4.57. The van der Waals surface area contributed by atoms with Gasteiger partial charge in [-0.05, 0) is 56.0 Å². The molecule has 2 amide bonds. The van der Waals surface area contributed by atoms with E-state index in [1.54, 1.807) is 4.90 Å². The van der Waals surface area contributed by atoms with Gasteiger partial charge < -0.3 is 10.2 Å². The van der Waals surface area contributed by atoms with Gasteiger partial charge in [-0.3, -0.25) is 9.59 Å². The summed E-state index contributed by atoms with van der Waals surface area (Å²) in [7, 11) is 0. The fourth-order valence-electron chi connectivity index (χ4n) is 3.63. The van der Waals surface area contributed by atoms with E-state index in [1.165, 1.54) is 0 Å². The Morgan fingerprint density at radius 1 is 1.12 bits per heavy atom. The second-order valence-electron chi connectivity index (χ2n) is 7.07. The summed E-state index contributed by atoms with van der Waals surface area (Å²) >= 11 is 6.29. The Bertz CT molecular complexity index is 848. The maximum Gasteiger partial charge on any atom is 0.229 e. The van der Waals surface area contributed by atoms with Gasteiger partial charge in [0.15, 0.2) is 0 Å². The van der Waals surface area contributed by atoms with Gasteiger partial charge in [-0.2, -0.15) is 0 Å². The van der Waals surface area contributed by atoms with Gasteiger partial charge in [0.25, 0.3) is 0 Å². The highest BCUT2D eigenvalue weighted by Crippen LogP contribution is 2.32. The van der Waals surface area contributed by atoms with E-state index in [0.717, 1.165) is 27.9 Å². The fourth-order valence-corrected chi connectivity index (χ4v) is 4.00. The molecular weight excluding hydrogens is 348 g/mol. The van der Waals surface area contributed by atoms with Crippen LogP contribution >= 0.6 is 11.6 Å². The molecule has 1 fully saturated rings. The molecule has 2 aromatic rings. The number of hydrogen-bond acceptors (Lipinski definition) is 2. The molecule has 1 unspecified atom stereocenters. The Labute approximate surface area is 159 Å². The number of amides is 2. The van der Waals surface area contributed by atoms with Crippen molar-refractivity contribution in [2.75, 3.05) is 16.8 Å². The number of carbonyl (C=O) groups is 2. The first kappa shape index (κ1) is 18.5. The van der Waals surface area contributed by atoms with Crippen molar-refractivity contribution in [3.63, 3.8) is 0 Å². The van der Waals surface area contributed by atoms with Crippen LogP contribution in [-0.4, -0.2) is 18.4 Å². The Morgan fingerprint density at radius 2 is 1.77 bits per heavy atom. The van der Waals surface area contributed by atoms with Crippen LogP contribution in [0.15, 0.2) is 30.3 Å². The summed E-state index contributed by atoms with van der Waals surface area (Å²) in [5.74, 6) is -0.575. The topological polar surface area (TPSA) is 49.4 Å². The summed E-state index contributed by atoms with van der Waals surface area (Å²) in [6, 6.07) is 9.75. The highest BCUT2D eigenvalue weighted by Gasteiger charge is 2.36. The summed E-state index contributed by atoms with van der Waals surface area (Å²) < 4.78 is 0. The van der Waals surface area contributed by atoms with Gasteiger partial charge >= 0.3 is 0 Å². The zero-order valence-corrected chi connectivity index (χ0v) is 16.3. The first-order chi connectivity index (χ1) is 12.3. The molecule has 0 saturated carbocycles. The highest BCUT2D eigenvalue weighted by molar-refractivity contribution is 6.34. The molecule has 1 aliphatic rings. The molecule has 1 heterocycles. The molecule has 0 aliphatic carbocycles. The zero-order chi connectivity index (χ0) is 19.0. The highest BCUT2D eigenvalue weighted by atomic mass is 35.5. The SMILES string of the molecule is Cc1cc(C)c(NC(=O)C2CC(=O)N(c3c(C)cccc3C)C2)c(Cl)c1. The molecule has 1 N–H and O–H groups in total. The lowest BCUT2D eigenvalue weighted by molar-refractivity contribution is -0.122. The molecule has 1 saturated heterocycles. The number of benzene rings is 2. The third-order valence-electron chi connectivity index (χ3n) is 4.89. The molecule has 1 aliphatic heterocycles. The van der Waals surface area contributed by atoms with Crippen LogP contribution in [-0.2, 0) is 9.59 Å². The lowest BCUT2D eigenvalue weighted by Gasteiger charge is -2.21. The van der Waals surface area contributed by atoms with Crippen LogP contribution in [0.2, 0.25) is 5.02 Å². The molecule has 3 rings (SSSR count). The van der Waals surface area contributed by atoms with Crippen molar-refractivity contribution in [3.05, 3.63) is 57.6 Å². The molecule has 136 valence electrons. The van der Waals surface area contributed by atoms with Gasteiger partial charge in [-0.25, -0.2) is 0 Å². The average molecular weight is 371 g/mol. The van der Waals surface area contributed by atoms with E-state index in [0.29, 0.717) is 17.3 Å². The smallest absolute Gasteiger partial charge is 0.229 e. The van der Waals surface area contributed by atoms with Crippen molar-refractivity contribution >= 4 is 34.8 Å². The largest absolute Gasteiger partial charge is 0.324 e. The Kier molecular flexibility index (Phi) is 5.05. The quantitative estimate of drug-likeness (QED) is 0.860. The monoisotopic (exact) mass is 370 g/mol. The number of carbonyl (C=O) groups excluding carboxylic acids is 2. The summed E-state index contributed by atoms with van der Waals surface area (Å²) in [4.78, 5) is 27.0. The normalized spacial score (nSPS) is 16.9. The van der Waals surface area contributed by atoms with Crippen molar-refractivity contribution < 1.29 is 9.59 Å². The molecule has 5 heteroatoms. The first-order valence-corrected chi connectivity index (χ1v) is 9.10. The summed E-state index contributed by atoms with van der Waals surface area (Å²) in [6.07, 6.45) is 0.210. The number of halogens is 1. The molecule has 0 spiro atoms. The molecular formula is C21H23ClN2O2. The maximum absolute atomic E-state index is 12.7. The van der Waals surface area contributed by atoms with Crippen LogP contribution in [0.25, 0.3) is 0 Å². The third kappa shape index (κ3) is 3.47. The maximum atomic E-state index is 12.7. The summed E-state index contributed by atoms with van der Waals surface area (Å²) in [6.45, 7) is 8.23. The van der Waals surface area contributed by atoms with Gasteiger partial charge in [0.1, 0.15) is 0 Å². The summed E-state index contributed by atoms with van der Waals surface area (Å²) in [5, 5.41) is 3.44. The summed E-state index contributed by atoms with van der Waals surface area (Å²) in [5.41, 5.74) is 5.58. The predicted molar refractivity (Wildman–Crippen MR) is 106 cm³/mol. The van der Waals surface area contributed by atoms with Gasteiger partial charge in [-0.15, -0.1) is 0 Å². The van der Waals surface area contributed by atoms with E-state index in [2.05, 4.69) is 5.32 Å². The lowest BCUT2D eigenvalue weighted by Crippen LogP contribution is -2.29. The average Bonchev–Trinajstić information content (AvgIpc) is 2.92. The van der Waals surface area contributed by atoms with Crippen LogP contribution < -0.4 is 10.2 Å². The minimum Gasteiger partial charge on any atom is -0.324 e. The van der Waals surface area contributed by atoms with Crippen molar-refractivity contribution in [2.45, 2.75) is 34.1 Å². The minimum absolute atomic E-state index is 0.0192. The van der Waals surface area contributed by atoms with Crippen LogP contribution in [0.4, 0.5) is 11.4 Å². The van der Waals surface area contributed by atoms with E-state index in [-0.39, 0.29) is 18.2 Å². The van der Waals surface area contributed by atoms with Gasteiger partial charge in [0.05, 0.1) is 16.6 Å².